The molecule has 0 aliphatic heterocycles. The van der Waals surface area contributed by atoms with E-state index in [4.69, 9.17) is 16.7 Å². The first-order valence-electron chi connectivity index (χ1n) is 3.47. The van der Waals surface area contributed by atoms with Crippen molar-refractivity contribution in [2.45, 2.75) is 0 Å². The highest BCUT2D eigenvalue weighted by Gasteiger charge is 1.99. The summed E-state index contributed by atoms with van der Waals surface area (Å²) in [4.78, 5) is 0. The first-order valence-corrected chi connectivity index (χ1v) is 4.64. The molecule has 0 aliphatic rings. The third kappa shape index (κ3) is 2.34. The summed E-state index contributed by atoms with van der Waals surface area (Å²) in [6, 6.07) is 5.58. The number of hydrogen-bond donors (Lipinski definition) is 1. The Balaban J connectivity index is 3.04. The van der Waals surface area contributed by atoms with Gasteiger partial charge < -0.3 is 5.11 Å². The molecule has 1 nitrogen and oxygen atoms in total. The molecular weight excluding hydrogens is 239 g/mol. The van der Waals surface area contributed by atoms with Crippen molar-refractivity contribution in [2.24, 2.45) is 0 Å². The van der Waals surface area contributed by atoms with Crippen LogP contribution in [0.25, 0.3) is 6.08 Å². The third-order valence-corrected chi connectivity index (χ3v) is 2.41. The Morgan fingerprint density at radius 3 is 2.83 bits per heavy atom. The van der Waals surface area contributed by atoms with Gasteiger partial charge in [0.15, 0.2) is 0 Å². The van der Waals surface area contributed by atoms with Gasteiger partial charge in [0.25, 0.3) is 0 Å². The Bertz CT molecular complexity index is 276. The molecule has 1 aromatic carbocycles. The second-order valence-electron chi connectivity index (χ2n) is 2.22. The summed E-state index contributed by atoms with van der Waals surface area (Å²) in [5, 5.41) is 9.24. The van der Waals surface area contributed by atoms with Crippen LogP contribution in [0.2, 0.25) is 5.02 Å². The van der Waals surface area contributed by atoms with E-state index in [2.05, 4.69) is 15.9 Å². The van der Waals surface area contributed by atoms with Crippen LogP contribution in [0.3, 0.4) is 0 Å². The highest BCUT2D eigenvalue weighted by Crippen LogP contribution is 2.25. The minimum Gasteiger partial charge on any atom is -0.392 e. The van der Waals surface area contributed by atoms with Crippen molar-refractivity contribution in [3.05, 3.63) is 39.3 Å². The van der Waals surface area contributed by atoms with Crippen LogP contribution in [-0.2, 0) is 0 Å². The van der Waals surface area contributed by atoms with Gasteiger partial charge in [-0.15, -0.1) is 0 Å². The molecule has 0 spiro atoms. The van der Waals surface area contributed by atoms with Gasteiger partial charge in [-0.3, -0.25) is 0 Å². The molecule has 0 aromatic heterocycles. The first-order chi connectivity index (χ1) is 5.75. The molecule has 3 heteroatoms. The van der Waals surface area contributed by atoms with Gasteiger partial charge in [0, 0.05) is 15.1 Å². The molecule has 1 rings (SSSR count). The monoisotopic (exact) mass is 246 g/mol. The van der Waals surface area contributed by atoms with E-state index in [0.717, 1.165) is 10.0 Å². The molecular formula is C9H8BrClO. The lowest BCUT2D eigenvalue weighted by Crippen LogP contribution is -1.78. The molecule has 0 aliphatic carbocycles. The smallest absolute Gasteiger partial charge is 0.0615 e. The van der Waals surface area contributed by atoms with E-state index in [1.54, 1.807) is 12.2 Å². The number of rotatable bonds is 2. The molecule has 12 heavy (non-hydrogen) atoms. The van der Waals surface area contributed by atoms with Gasteiger partial charge in [0.1, 0.15) is 0 Å². The summed E-state index contributed by atoms with van der Waals surface area (Å²) in [6.45, 7) is 0.0255. The largest absolute Gasteiger partial charge is 0.392 e. The average Bonchev–Trinajstić information content (AvgIpc) is 2.04. The van der Waals surface area contributed by atoms with Crippen molar-refractivity contribution in [3.8, 4) is 0 Å². The van der Waals surface area contributed by atoms with Crippen molar-refractivity contribution in [3.63, 3.8) is 0 Å². The minimum absolute atomic E-state index is 0.0255. The highest BCUT2D eigenvalue weighted by atomic mass is 79.9. The molecule has 0 saturated heterocycles. The number of aliphatic hydroxyl groups excluding tert-OH is 1. The van der Waals surface area contributed by atoms with E-state index >= 15 is 0 Å². The Kier molecular flexibility index (Phi) is 3.79. The molecule has 1 N–H and O–H groups in total. The predicted molar refractivity (Wildman–Crippen MR) is 55.3 cm³/mol. The summed E-state index contributed by atoms with van der Waals surface area (Å²) in [5.41, 5.74) is 0.896. The topological polar surface area (TPSA) is 20.2 Å². The van der Waals surface area contributed by atoms with Gasteiger partial charge in [0.2, 0.25) is 0 Å². The summed E-state index contributed by atoms with van der Waals surface area (Å²) in [7, 11) is 0. The fraction of sp³-hybridized carbons (Fsp3) is 0.111. The lowest BCUT2D eigenvalue weighted by Gasteiger charge is -1.99. The molecule has 0 radical (unpaired) electrons. The summed E-state index contributed by atoms with van der Waals surface area (Å²) in [5.74, 6) is 0. The van der Waals surface area contributed by atoms with Crippen LogP contribution in [0.4, 0.5) is 0 Å². The second kappa shape index (κ2) is 4.65. The van der Waals surface area contributed by atoms with E-state index in [0.29, 0.717) is 5.02 Å². The Morgan fingerprint density at radius 1 is 1.50 bits per heavy atom. The van der Waals surface area contributed by atoms with Gasteiger partial charge in [-0.1, -0.05) is 45.7 Å². The third-order valence-electron chi connectivity index (χ3n) is 1.39. The van der Waals surface area contributed by atoms with E-state index < -0.39 is 0 Å². The lowest BCUT2D eigenvalue weighted by molar-refractivity contribution is 0.343. The molecule has 0 fully saturated rings. The fourth-order valence-corrected chi connectivity index (χ4v) is 1.69. The van der Waals surface area contributed by atoms with Crippen molar-refractivity contribution >= 4 is 33.6 Å². The molecule has 0 atom stereocenters. The Hall–Kier alpha value is -0.310. The normalized spacial score (nSPS) is 10.9. The molecule has 0 unspecified atom stereocenters. The van der Waals surface area contributed by atoms with Gasteiger partial charge >= 0.3 is 0 Å². The zero-order valence-electron chi connectivity index (χ0n) is 6.30. The highest BCUT2D eigenvalue weighted by molar-refractivity contribution is 9.10. The van der Waals surface area contributed by atoms with Crippen molar-refractivity contribution in [1.29, 1.82) is 0 Å². The summed E-state index contributed by atoms with van der Waals surface area (Å²) < 4.78 is 0.930. The van der Waals surface area contributed by atoms with E-state index in [-0.39, 0.29) is 6.61 Å². The average molecular weight is 248 g/mol. The van der Waals surface area contributed by atoms with Crippen LogP contribution in [0, 0.1) is 0 Å². The van der Waals surface area contributed by atoms with Crippen LogP contribution in [0.15, 0.2) is 28.7 Å². The van der Waals surface area contributed by atoms with Crippen molar-refractivity contribution < 1.29 is 5.11 Å². The van der Waals surface area contributed by atoms with E-state index in [9.17, 15) is 0 Å². The first kappa shape index (κ1) is 9.78. The SMILES string of the molecule is OCC=Cc1c(Cl)cccc1Br. The summed E-state index contributed by atoms with van der Waals surface area (Å²) >= 11 is 9.26. The molecule has 0 saturated carbocycles. The van der Waals surface area contributed by atoms with Crippen LogP contribution in [-0.4, -0.2) is 11.7 Å². The molecule has 1 aromatic rings. The lowest BCUT2D eigenvalue weighted by atomic mass is 10.2. The minimum atomic E-state index is 0.0255. The molecule has 0 bridgehead atoms. The Labute approximate surface area is 84.8 Å². The predicted octanol–water partition coefficient (Wildman–Crippen LogP) is 3.11. The van der Waals surface area contributed by atoms with Crippen LogP contribution < -0.4 is 0 Å². The quantitative estimate of drug-likeness (QED) is 0.851. The maximum atomic E-state index is 8.56. The Morgan fingerprint density at radius 2 is 2.25 bits per heavy atom. The molecule has 0 heterocycles. The maximum Gasteiger partial charge on any atom is 0.0615 e. The number of benzene rings is 1. The van der Waals surface area contributed by atoms with Crippen LogP contribution in [0.1, 0.15) is 5.56 Å². The van der Waals surface area contributed by atoms with Gasteiger partial charge in [-0.2, -0.15) is 0 Å². The maximum absolute atomic E-state index is 8.56. The summed E-state index contributed by atoms with van der Waals surface area (Å²) in [6.07, 6.45) is 3.43. The number of hydrogen-bond acceptors (Lipinski definition) is 1. The van der Waals surface area contributed by atoms with Gasteiger partial charge in [0.05, 0.1) is 6.61 Å². The zero-order valence-corrected chi connectivity index (χ0v) is 8.64. The number of halogens is 2. The van der Waals surface area contributed by atoms with Gasteiger partial charge in [-0.25, -0.2) is 0 Å². The molecule has 0 amide bonds. The van der Waals surface area contributed by atoms with E-state index in [1.807, 2.05) is 18.2 Å². The van der Waals surface area contributed by atoms with Gasteiger partial charge in [-0.05, 0) is 12.1 Å². The van der Waals surface area contributed by atoms with Crippen LogP contribution >= 0.6 is 27.5 Å². The standard InChI is InChI=1S/C9H8BrClO/c10-8-4-1-5-9(11)7(8)3-2-6-12/h1-5,12H,6H2. The van der Waals surface area contributed by atoms with Crippen molar-refractivity contribution in [1.82, 2.24) is 0 Å². The zero-order chi connectivity index (χ0) is 8.97. The fourth-order valence-electron chi connectivity index (χ4n) is 0.840. The van der Waals surface area contributed by atoms with E-state index in [1.165, 1.54) is 0 Å². The second-order valence-corrected chi connectivity index (χ2v) is 3.48. The van der Waals surface area contributed by atoms with Crippen molar-refractivity contribution in [2.75, 3.05) is 6.61 Å². The molecule has 64 valence electrons. The number of aliphatic hydroxyl groups is 1. The van der Waals surface area contributed by atoms with Crippen LogP contribution in [0.5, 0.6) is 0 Å².